The van der Waals surface area contributed by atoms with E-state index in [1.807, 2.05) is 6.92 Å². The average molecular weight is 365 g/mol. The van der Waals surface area contributed by atoms with E-state index in [4.69, 9.17) is 16.3 Å². The summed E-state index contributed by atoms with van der Waals surface area (Å²) in [6.07, 6.45) is 0.318. The molecule has 1 amide bonds. The molecule has 0 radical (unpaired) electrons. The topological polar surface area (TPSA) is 76.0 Å². The van der Waals surface area contributed by atoms with Crippen LogP contribution in [-0.2, 0) is 19.1 Å². The fourth-order valence-corrected chi connectivity index (χ4v) is 2.77. The van der Waals surface area contributed by atoms with Gasteiger partial charge in [-0.2, -0.15) is 5.10 Å². The van der Waals surface area contributed by atoms with Crippen LogP contribution >= 0.6 is 11.6 Å². The van der Waals surface area contributed by atoms with Crippen LogP contribution in [0.1, 0.15) is 39.2 Å². The molecule has 0 fully saturated rings. The number of benzene rings is 1. The Morgan fingerprint density at radius 1 is 1.32 bits per heavy atom. The summed E-state index contributed by atoms with van der Waals surface area (Å²) >= 11 is 5.91. The summed E-state index contributed by atoms with van der Waals surface area (Å²) in [6.45, 7) is 4.69. The van der Waals surface area contributed by atoms with E-state index in [1.54, 1.807) is 24.3 Å². The number of hydrazone groups is 1. The van der Waals surface area contributed by atoms with Gasteiger partial charge in [0.1, 0.15) is 17.8 Å². The number of carbonyl (C=O) groups excluding carboxylic acids is 3. The van der Waals surface area contributed by atoms with E-state index in [2.05, 4.69) is 5.10 Å². The van der Waals surface area contributed by atoms with Crippen LogP contribution in [0, 0.1) is 5.92 Å². The Kier molecular flexibility index (Phi) is 6.31. The third-order valence-electron chi connectivity index (χ3n) is 4.02. The van der Waals surface area contributed by atoms with Gasteiger partial charge < -0.3 is 4.74 Å². The molecule has 0 aromatic heterocycles. The zero-order chi connectivity index (χ0) is 18.6. The van der Waals surface area contributed by atoms with Gasteiger partial charge in [0.15, 0.2) is 0 Å². The van der Waals surface area contributed by atoms with Crippen molar-refractivity contribution in [3.8, 4) is 0 Å². The highest BCUT2D eigenvalue weighted by Crippen LogP contribution is 2.23. The molecule has 0 N–H and O–H groups in total. The molecule has 0 bridgehead atoms. The molecule has 1 aliphatic rings. The Balaban J connectivity index is 2.32. The summed E-state index contributed by atoms with van der Waals surface area (Å²) in [6, 6.07) is 7.07. The van der Waals surface area contributed by atoms with Crippen LogP contribution in [0.3, 0.4) is 0 Å². The Labute approximate surface area is 151 Å². The molecule has 1 aromatic carbocycles. The van der Waals surface area contributed by atoms with Gasteiger partial charge in [0, 0.05) is 18.4 Å². The van der Waals surface area contributed by atoms with Crippen LogP contribution < -0.4 is 0 Å². The van der Waals surface area contributed by atoms with Crippen LogP contribution in [-0.4, -0.2) is 41.0 Å². The molecule has 7 heteroatoms. The van der Waals surface area contributed by atoms with Crippen molar-refractivity contribution in [1.82, 2.24) is 5.01 Å². The molecular weight excluding hydrogens is 344 g/mol. The number of carbonyl (C=O) groups is 3. The highest BCUT2D eigenvalue weighted by molar-refractivity contribution is 6.30. The molecule has 25 heavy (non-hydrogen) atoms. The van der Waals surface area contributed by atoms with Crippen molar-refractivity contribution in [2.75, 3.05) is 6.54 Å². The van der Waals surface area contributed by atoms with Crippen molar-refractivity contribution in [3.05, 3.63) is 34.9 Å². The van der Waals surface area contributed by atoms with Crippen LogP contribution in [0.5, 0.6) is 0 Å². The van der Waals surface area contributed by atoms with E-state index < -0.39 is 18.0 Å². The summed E-state index contributed by atoms with van der Waals surface area (Å²) in [4.78, 5) is 35.7. The Morgan fingerprint density at radius 3 is 2.48 bits per heavy atom. The van der Waals surface area contributed by atoms with Crippen molar-refractivity contribution >= 4 is 35.0 Å². The quantitative estimate of drug-likeness (QED) is 0.574. The molecule has 1 aromatic rings. The second-order valence-electron chi connectivity index (χ2n) is 5.98. The molecule has 2 unspecified atom stereocenters. The lowest BCUT2D eigenvalue weighted by atomic mass is 9.92. The van der Waals surface area contributed by atoms with E-state index in [0.29, 0.717) is 17.2 Å². The predicted octanol–water partition coefficient (Wildman–Crippen LogP) is 2.82. The van der Waals surface area contributed by atoms with Gasteiger partial charge in [-0.3, -0.25) is 14.4 Å². The smallest absolute Gasteiger partial charge is 0.302 e. The van der Waals surface area contributed by atoms with Crippen molar-refractivity contribution in [2.45, 2.75) is 39.7 Å². The Bertz CT molecular complexity index is 700. The second-order valence-corrected chi connectivity index (χ2v) is 6.42. The molecule has 0 spiro atoms. The number of esters is 1. The first-order chi connectivity index (χ1) is 11.8. The molecule has 6 nitrogen and oxygen atoms in total. The minimum Gasteiger partial charge on any atom is -0.461 e. The molecular formula is C18H21ClN2O4. The van der Waals surface area contributed by atoms with Crippen molar-refractivity contribution < 1.29 is 19.1 Å². The summed E-state index contributed by atoms with van der Waals surface area (Å²) in [5.41, 5.74) is 1.43. The van der Waals surface area contributed by atoms with Gasteiger partial charge in [0.05, 0.1) is 12.3 Å². The normalized spacial score (nSPS) is 18.6. The highest BCUT2D eigenvalue weighted by atomic mass is 35.5. The zero-order valence-electron chi connectivity index (χ0n) is 14.5. The van der Waals surface area contributed by atoms with E-state index in [1.165, 1.54) is 18.9 Å². The fourth-order valence-electron chi connectivity index (χ4n) is 2.64. The molecule has 0 saturated carbocycles. The van der Waals surface area contributed by atoms with Crippen molar-refractivity contribution in [1.29, 1.82) is 0 Å². The van der Waals surface area contributed by atoms with Gasteiger partial charge in [0.2, 0.25) is 0 Å². The van der Waals surface area contributed by atoms with Gasteiger partial charge in [-0.25, -0.2) is 5.01 Å². The number of Topliss-reactive ketones (excluding diaryl/α,β-unsaturated/α-hetero) is 1. The first kappa shape index (κ1) is 19.1. The van der Waals surface area contributed by atoms with Gasteiger partial charge in [-0.1, -0.05) is 30.7 Å². The molecule has 1 aliphatic heterocycles. The monoisotopic (exact) mass is 364 g/mol. The second kappa shape index (κ2) is 8.25. The van der Waals surface area contributed by atoms with E-state index in [-0.39, 0.29) is 24.7 Å². The molecule has 134 valence electrons. The number of halogens is 1. The lowest BCUT2D eigenvalue weighted by Crippen LogP contribution is -2.45. The maximum atomic E-state index is 12.6. The maximum absolute atomic E-state index is 12.6. The summed E-state index contributed by atoms with van der Waals surface area (Å²) in [7, 11) is 0. The van der Waals surface area contributed by atoms with Crippen molar-refractivity contribution in [2.24, 2.45) is 11.0 Å². The number of nitrogens with zero attached hydrogens (tertiary/aromatic N) is 2. The van der Waals surface area contributed by atoms with Gasteiger partial charge in [-0.15, -0.1) is 0 Å². The summed E-state index contributed by atoms with van der Waals surface area (Å²) in [5.74, 6) is -1.77. The first-order valence-electron chi connectivity index (χ1n) is 8.14. The van der Waals surface area contributed by atoms with E-state index >= 15 is 0 Å². The number of hydrogen-bond donors (Lipinski definition) is 0. The van der Waals surface area contributed by atoms with Gasteiger partial charge in [0.25, 0.3) is 5.91 Å². The van der Waals surface area contributed by atoms with Crippen LogP contribution in [0.2, 0.25) is 5.02 Å². The highest BCUT2D eigenvalue weighted by Gasteiger charge is 2.35. The summed E-state index contributed by atoms with van der Waals surface area (Å²) < 4.78 is 5.20. The fraction of sp³-hybridized carbons (Fsp3) is 0.444. The maximum Gasteiger partial charge on any atom is 0.302 e. The number of ether oxygens (including phenoxy) is 1. The molecule has 2 atom stereocenters. The Hall–Kier alpha value is -2.21. The van der Waals surface area contributed by atoms with Crippen LogP contribution in [0.4, 0.5) is 0 Å². The summed E-state index contributed by atoms with van der Waals surface area (Å²) in [5, 5.41) is 6.25. The van der Waals surface area contributed by atoms with E-state index in [9.17, 15) is 14.4 Å². The Morgan fingerprint density at radius 2 is 1.96 bits per heavy atom. The van der Waals surface area contributed by atoms with Gasteiger partial charge in [-0.05, 0) is 31.0 Å². The van der Waals surface area contributed by atoms with Crippen LogP contribution in [0.15, 0.2) is 29.4 Å². The number of rotatable bonds is 6. The standard InChI is InChI=1S/C18H21ClN2O4/c1-4-15(25-12(3)23)10-21-18(24)16(11(2)22)9-17(20-21)13-5-7-14(19)8-6-13/h5-8,15-16H,4,9-10H2,1-3H3. The minimum absolute atomic E-state index is 0.121. The average Bonchev–Trinajstić information content (AvgIpc) is 2.56. The zero-order valence-corrected chi connectivity index (χ0v) is 15.2. The third-order valence-corrected chi connectivity index (χ3v) is 4.28. The van der Waals surface area contributed by atoms with E-state index in [0.717, 1.165) is 5.56 Å². The lowest BCUT2D eigenvalue weighted by Gasteiger charge is -2.30. The first-order valence-corrected chi connectivity index (χ1v) is 8.52. The lowest BCUT2D eigenvalue weighted by molar-refractivity contribution is -0.152. The number of ketones is 1. The molecule has 0 aliphatic carbocycles. The predicted molar refractivity (Wildman–Crippen MR) is 94.3 cm³/mol. The molecule has 0 saturated heterocycles. The molecule has 1 heterocycles. The van der Waals surface area contributed by atoms with Crippen LogP contribution in [0.25, 0.3) is 0 Å². The third kappa shape index (κ3) is 4.89. The molecule has 2 rings (SSSR count). The van der Waals surface area contributed by atoms with Gasteiger partial charge >= 0.3 is 5.97 Å². The SMILES string of the molecule is CCC(CN1N=C(c2ccc(Cl)cc2)CC(C(C)=O)C1=O)OC(C)=O. The largest absolute Gasteiger partial charge is 0.461 e. The minimum atomic E-state index is -0.780. The number of hydrogen-bond acceptors (Lipinski definition) is 5. The number of amides is 1. The van der Waals surface area contributed by atoms with Crippen molar-refractivity contribution in [3.63, 3.8) is 0 Å².